The second-order valence-corrected chi connectivity index (χ2v) is 6.03. The summed E-state index contributed by atoms with van der Waals surface area (Å²) in [5.74, 6) is 0. The summed E-state index contributed by atoms with van der Waals surface area (Å²) in [5.41, 5.74) is 0.160. The summed E-state index contributed by atoms with van der Waals surface area (Å²) in [4.78, 5) is 1.26. The Bertz CT molecular complexity index is 263. The molecule has 0 radical (unpaired) electrons. The van der Waals surface area contributed by atoms with E-state index in [-0.39, 0.29) is 5.54 Å². The van der Waals surface area contributed by atoms with Gasteiger partial charge in [0.25, 0.3) is 0 Å². The minimum absolute atomic E-state index is 0.160. The highest BCUT2D eigenvalue weighted by Crippen LogP contribution is 2.19. The third kappa shape index (κ3) is 4.88. The Kier molecular flexibility index (Phi) is 4.06. The van der Waals surface area contributed by atoms with Crippen molar-refractivity contribution in [2.45, 2.75) is 31.2 Å². The molecule has 0 heterocycles. The van der Waals surface area contributed by atoms with Crippen molar-refractivity contribution in [3.8, 4) is 0 Å². The molecule has 3 heteroatoms. The first-order chi connectivity index (χ1) is 5.97. The van der Waals surface area contributed by atoms with Crippen LogP contribution < -0.4 is 4.72 Å². The average molecular weight is 307 g/mol. The van der Waals surface area contributed by atoms with Crippen LogP contribution in [0.1, 0.15) is 20.8 Å². The van der Waals surface area contributed by atoms with E-state index in [1.54, 1.807) is 11.9 Å². The molecule has 1 aromatic rings. The van der Waals surface area contributed by atoms with Crippen molar-refractivity contribution in [1.29, 1.82) is 0 Å². The normalized spacial score (nSPS) is 11.7. The second kappa shape index (κ2) is 4.66. The van der Waals surface area contributed by atoms with Gasteiger partial charge in [0.15, 0.2) is 0 Å². The molecular weight excluding hydrogens is 293 g/mol. The molecule has 0 bridgehead atoms. The molecule has 0 aliphatic carbocycles. The van der Waals surface area contributed by atoms with Gasteiger partial charge in [0, 0.05) is 14.0 Å². The van der Waals surface area contributed by atoms with Crippen molar-refractivity contribution in [2.24, 2.45) is 0 Å². The molecule has 0 saturated heterocycles. The van der Waals surface area contributed by atoms with E-state index >= 15 is 0 Å². The molecule has 0 aliphatic heterocycles. The van der Waals surface area contributed by atoms with E-state index in [2.05, 4.69) is 72.3 Å². The standard InChI is InChI=1S/C10H14INS/c1-10(2,3)12-13-9-6-4-8(11)5-7-9/h4-7,12H,1-3H3. The first-order valence-corrected chi connectivity index (χ1v) is 6.06. The topological polar surface area (TPSA) is 12.0 Å². The van der Waals surface area contributed by atoms with Crippen LogP contribution >= 0.6 is 34.5 Å². The molecule has 1 N–H and O–H groups in total. The van der Waals surface area contributed by atoms with Gasteiger partial charge in [0.1, 0.15) is 0 Å². The second-order valence-electron chi connectivity index (χ2n) is 3.91. The maximum atomic E-state index is 3.37. The molecule has 1 nitrogen and oxygen atoms in total. The van der Waals surface area contributed by atoms with E-state index in [0.29, 0.717) is 0 Å². The lowest BCUT2D eigenvalue weighted by molar-refractivity contribution is 0.535. The molecule has 0 aromatic heterocycles. The molecule has 0 unspecified atom stereocenters. The van der Waals surface area contributed by atoms with Crippen molar-refractivity contribution in [3.05, 3.63) is 27.8 Å². The monoisotopic (exact) mass is 307 g/mol. The highest BCUT2D eigenvalue weighted by Gasteiger charge is 2.08. The molecule has 13 heavy (non-hydrogen) atoms. The van der Waals surface area contributed by atoms with Gasteiger partial charge in [-0.25, -0.2) is 0 Å². The lowest BCUT2D eigenvalue weighted by atomic mass is 10.1. The molecule has 0 aliphatic rings. The van der Waals surface area contributed by atoms with Crippen molar-refractivity contribution in [2.75, 3.05) is 0 Å². The minimum Gasteiger partial charge on any atom is -0.255 e. The maximum Gasteiger partial charge on any atom is 0.0229 e. The SMILES string of the molecule is CC(C)(C)NSc1ccc(I)cc1. The van der Waals surface area contributed by atoms with Gasteiger partial charge < -0.3 is 0 Å². The number of halogens is 1. The Hall–Kier alpha value is 0.260. The van der Waals surface area contributed by atoms with E-state index in [4.69, 9.17) is 0 Å². The van der Waals surface area contributed by atoms with Crippen LogP contribution in [-0.4, -0.2) is 5.54 Å². The van der Waals surface area contributed by atoms with Crippen LogP contribution in [-0.2, 0) is 0 Å². The first kappa shape index (κ1) is 11.3. The van der Waals surface area contributed by atoms with Crippen molar-refractivity contribution < 1.29 is 0 Å². The zero-order chi connectivity index (χ0) is 9.90. The molecule has 0 spiro atoms. The summed E-state index contributed by atoms with van der Waals surface area (Å²) in [6.45, 7) is 6.48. The van der Waals surface area contributed by atoms with Crippen LogP contribution in [0.3, 0.4) is 0 Å². The van der Waals surface area contributed by atoms with Gasteiger partial charge in [-0.3, -0.25) is 4.72 Å². The zero-order valence-corrected chi connectivity index (χ0v) is 11.1. The van der Waals surface area contributed by atoms with E-state index in [1.807, 2.05) is 0 Å². The van der Waals surface area contributed by atoms with Crippen LogP contribution in [0, 0.1) is 3.57 Å². The van der Waals surface area contributed by atoms with Gasteiger partial charge in [-0.1, -0.05) is 0 Å². The lowest BCUT2D eigenvalue weighted by Crippen LogP contribution is -2.29. The largest absolute Gasteiger partial charge is 0.255 e. The summed E-state index contributed by atoms with van der Waals surface area (Å²) < 4.78 is 4.65. The number of hydrogen-bond acceptors (Lipinski definition) is 2. The van der Waals surface area contributed by atoms with E-state index in [0.717, 1.165) is 0 Å². The zero-order valence-electron chi connectivity index (χ0n) is 8.10. The Morgan fingerprint density at radius 2 is 1.69 bits per heavy atom. The fraction of sp³-hybridized carbons (Fsp3) is 0.400. The van der Waals surface area contributed by atoms with E-state index in [9.17, 15) is 0 Å². The molecule has 72 valence electrons. The van der Waals surface area contributed by atoms with Crippen LogP contribution in [0.4, 0.5) is 0 Å². The highest BCUT2D eigenvalue weighted by molar-refractivity contribution is 14.1. The molecule has 0 atom stereocenters. The molecular formula is C10H14INS. The summed E-state index contributed by atoms with van der Waals surface area (Å²) in [6.07, 6.45) is 0. The molecule has 1 aromatic carbocycles. The lowest BCUT2D eigenvalue weighted by Gasteiger charge is -2.19. The Morgan fingerprint density at radius 1 is 1.15 bits per heavy atom. The number of nitrogens with one attached hydrogen (secondary N) is 1. The van der Waals surface area contributed by atoms with Gasteiger partial charge in [-0.15, -0.1) is 0 Å². The number of rotatable bonds is 2. The predicted octanol–water partition coefficient (Wildman–Crippen LogP) is 3.69. The van der Waals surface area contributed by atoms with Crippen molar-refractivity contribution in [3.63, 3.8) is 0 Å². The Morgan fingerprint density at radius 3 is 2.15 bits per heavy atom. The summed E-state index contributed by atoms with van der Waals surface area (Å²) >= 11 is 3.99. The van der Waals surface area contributed by atoms with Gasteiger partial charge in [-0.2, -0.15) is 0 Å². The fourth-order valence-electron chi connectivity index (χ4n) is 0.715. The van der Waals surface area contributed by atoms with Crippen LogP contribution in [0.5, 0.6) is 0 Å². The summed E-state index contributed by atoms with van der Waals surface area (Å²) in [5, 5.41) is 0. The van der Waals surface area contributed by atoms with Crippen LogP contribution in [0.15, 0.2) is 29.2 Å². The summed E-state index contributed by atoms with van der Waals surface area (Å²) in [7, 11) is 0. The van der Waals surface area contributed by atoms with Gasteiger partial charge in [0.2, 0.25) is 0 Å². The highest BCUT2D eigenvalue weighted by atomic mass is 127. The van der Waals surface area contributed by atoms with Gasteiger partial charge in [0.05, 0.1) is 0 Å². The first-order valence-electron chi connectivity index (χ1n) is 4.17. The summed E-state index contributed by atoms with van der Waals surface area (Å²) in [6, 6.07) is 8.50. The van der Waals surface area contributed by atoms with E-state index < -0.39 is 0 Å². The third-order valence-corrected chi connectivity index (χ3v) is 3.23. The quantitative estimate of drug-likeness (QED) is 0.661. The van der Waals surface area contributed by atoms with Crippen LogP contribution in [0.25, 0.3) is 0 Å². The molecule has 1 rings (SSSR count). The maximum absolute atomic E-state index is 3.37. The van der Waals surface area contributed by atoms with Gasteiger partial charge in [-0.05, 0) is 79.6 Å². The number of hydrogen-bond donors (Lipinski definition) is 1. The Balaban J connectivity index is 2.51. The predicted molar refractivity (Wildman–Crippen MR) is 67.9 cm³/mol. The van der Waals surface area contributed by atoms with Crippen LogP contribution in [0.2, 0.25) is 0 Å². The molecule has 0 saturated carbocycles. The van der Waals surface area contributed by atoms with Crippen molar-refractivity contribution in [1.82, 2.24) is 4.72 Å². The minimum atomic E-state index is 0.160. The van der Waals surface area contributed by atoms with E-state index in [1.165, 1.54) is 8.47 Å². The number of benzene rings is 1. The molecule has 0 fully saturated rings. The third-order valence-electron chi connectivity index (χ3n) is 1.29. The van der Waals surface area contributed by atoms with Gasteiger partial charge >= 0.3 is 0 Å². The molecule has 0 amide bonds. The smallest absolute Gasteiger partial charge is 0.0229 e. The van der Waals surface area contributed by atoms with Crippen molar-refractivity contribution >= 4 is 34.5 Å². The fourth-order valence-corrected chi connectivity index (χ4v) is 1.77. The Labute approximate surface area is 98.0 Å². The average Bonchev–Trinajstić information content (AvgIpc) is 2.02.